The lowest BCUT2D eigenvalue weighted by Crippen LogP contribution is -2.23. The van der Waals surface area contributed by atoms with Crippen LogP contribution in [0, 0.1) is 6.92 Å². The van der Waals surface area contributed by atoms with Gasteiger partial charge in [0.05, 0.1) is 18.9 Å². The Labute approximate surface area is 135 Å². The van der Waals surface area contributed by atoms with Crippen molar-refractivity contribution >= 4 is 15.7 Å². The second-order valence-corrected chi connectivity index (χ2v) is 7.58. The second-order valence-electron chi connectivity index (χ2n) is 5.59. The van der Waals surface area contributed by atoms with Gasteiger partial charge < -0.3 is 10.1 Å². The summed E-state index contributed by atoms with van der Waals surface area (Å²) in [6.07, 6.45) is 3.27. The summed E-state index contributed by atoms with van der Waals surface area (Å²) in [5.74, 6) is 0.844. The summed E-state index contributed by atoms with van der Waals surface area (Å²) in [4.78, 5) is 8.30. The normalized spacial score (nSPS) is 17.6. The topological polar surface area (TPSA) is 81.2 Å². The van der Waals surface area contributed by atoms with Crippen LogP contribution in [0.1, 0.15) is 23.1 Å². The largest absolute Gasteiger partial charge is 0.371 e. The van der Waals surface area contributed by atoms with Crippen molar-refractivity contribution in [2.24, 2.45) is 0 Å². The van der Waals surface area contributed by atoms with Crippen molar-refractivity contribution in [3.05, 3.63) is 47.4 Å². The molecule has 0 radical (unpaired) electrons. The zero-order valence-electron chi connectivity index (χ0n) is 13.1. The highest BCUT2D eigenvalue weighted by molar-refractivity contribution is 7.90. The molecule has 0 unspecified atom stereocenters. The van der Waals surface area contributed by atoms with Crippen molar-refractivity contribution in [2.45, 2.75) is 24.3 Å². The van der Waals surface area contributed by atoms with Crippen molar-refractivity contribution in [3.8, 4) is 0 Å². The van der Waals surface area contributed by atoms with Crippen LogP contribution in [0.15, 0.2) is 35.4 Å². The van der Waals surface area contributed by atoms with Crippen LogP contribution in [0.4, 0.5) is 5.82 Å². The number of sulfone groups is 1. The maximum absolute atomic E-state index is 11.9. The Bertz CT molecular complexity index is 821. The molecule has 3 rings (SSSR count). The SMILES string of the molecule is Cc1ncc(S(C)(=O)=O)c(NC[C@@H]2OCCc3ccccc32)n1. The minimum atomic E-state index is -3.39. The number of aromatic nitrogens is 2. The number of ether oxygens (including phenoxy) is 1. The molecular weight excluding hydrogens is 314 g/mol. The van der Waals surface area contributed by atoms with E-state index in [2.05, 4.69) is 21.4 Å². The van der Waals surface area contributed by atoms with E-state index in [1.807, 2.05) is 18.2 Å². The molecule has 0 amide bonds. The number of anilines is 1. The summed E-state index contributed by atoms with van der Waals surface area (Å²) in [6, 6.07) is 8.15. The van der Waals surface area contributed by atoms with Crippen LogP contribution in [0.5, 0.6) is 0 Å². The van der Waals surface area contributed by atoms with Gasteiger partial charge in [-0.1, -0.05) is 24.3 Å². The predicted molar refractivity (Wildman–Crippen MR) is 87.2 cm³/mol. The van der Waals surface area contributed by atoms with Crippen LogP contribution in [-0.2, 0) is 21.0 Å². The van der Waals surface area contributed by atoms with E-state index in [1.54, 1.807) is 6.92 Å². The molecule has 1 aliphatic rings. The van der Waals surface area contributed by atoms with Gasteiger partial charge in [-0.05, 0) is 24.5 Å². The Hall–Kier alpha value is -1.99. The summed E-state index contributed by atoms with van der Waals surface area (Å²) in [5, 5.41) is 3.12. The highest BCUT2D eigenvalue weighted by Crippen LogP contribution is 2.27. The maximum Gasteiger partial charge on any atom is 0.180 e. The molecule has 122 valence electrons. The van der Waals surface area contributed by atoms with Gasteiger partial charge in [-0.3, -0.25) is 0 Å². The molecule has 2 aromatic rings. The third kappa shape index (κ3) is 3.51. The Morgan fingerprint density at radius 1 is 1.35 bits per heavy atom. The third-order valence-electron chi connectivity index (χ3n) is 3.82. The molecule has 1 aliphatic heterocycles. The van der Waals surface area contributed by atoms with Crippen LogP contribution < -0.4 is 5.32 Å². The lowest BCUT2D eigenvalue weighted by molar-refractivity contribution is 0.0512. The second kappa shape index (κ2) is 6.25. The minimum Gasteiger partial charge on any atom is -0.371 e. The minimum absolute atomic E-state index is 0.104. The van der Waals surface area contributed by atoms with Crippen molar-refractivity contribution in [1.82, 2.24) is 9.97 Å². The lowest BCUT2D eigenvalue weighted by Gasteiger charge is -2.26. The smallest absolute Gasteiger partial charge is 0.180 e. The quantitative estimate of drug-likeness (QED) is 0.920. The fourth-order valence-electron chi connectivity index (χ4n) is 2.69. The van der Waals surface area contributed by atoms with E-state index in [9.17, 15) is 8.42 Å². The van der Waals surface area contributed by atoms with Gasteiger partial charge in [-0.2, -0.15) is 0 Å². The number of nitrogens with one attached hydrogen (secondary N) is 1. The van der Waals surface area contributed by atoms with Crippen LogP contribution in [0.2, 0.25) is 0 Å². The van der Waals surface area contributed by atoms with Gasteiger partial charge in [0.25, 0.3) is 0 Å². The van der Waals surface area contributed by atoms with Crippen molar-refractivity contribution in [1.29, 1.82) is 0 Å². The number of fused-ring (bicyclic) bond motifs is 1. The summed E-state index contributed by atoms with van der Waals surface area (Å²) in [7, 11) is -3.39. The van der Waals surface area contributed by atoms with E-state index >= 15 is 0 Å². The van der Waals surface area contributed by atoms with Crippen LogP contribution in [0.3, 0.4) is 0 Å². The van der Waals surface area contributed by atoms with Gasteiger partial charge in [-0.15, -0.1) is 0 Å². The molecule has 1 atom stereocenters. The Balaban J connectivity index is 1.84. The molecule has 1 aromatic heterocycles. The van der Waals surface area contributed by atoms with Crippen LogP contribution >= 0.6 is 0 Å². The highest BCUT2D eigenvalue weighted by Gasteiger charge is 2.22. The molecule has 6 nitrogen and oxygen atoms in total. The van der Waals surface area contributed by atoms with Gasteiger partial charge >= 0.3 is 0 Å². The van der Waals surface area contributed by atoms with E-state index in [-0.39, 0.29) is 11.0 Å². The van der Waals surface area contributed by atoms with Crippen molar-refractivity contribution in [2.75, 3.05) is 24.7 Å². The number of hydrogen-bond donors (Lipinski definition) is 1. The summed E-state index contributed by atoms with van der Waals surface area (Å²) < 4.78 is 29.6. The van der Waals surface area contributed by atoms with Gasteiger partial charge in [0, 0.05) is 12.8 Å². The summed E-state index contributed by atoms with van der Waals surface area (Å²) in [6.45, 7) is 2.84. The number of hydrogen-bond acceptors (Lipinski definition) is 6. The molecule has 0 spiro atoms. The first-order chi connectivity index (χ1) is 10.9. The standard InChI is InChI=1S/C16H19N3O3S/c1-11-17-10-15(23(2,20)21)16(19-11)18-9-14-13-6-4-3-5-12(13)7-8-22-14/h3-6,10,14H,7-9H2,1-2H3,(H,17,18,19)/t14-/m0/s1. The first-order valence-electron chi connectivity index (χ1n) is 7.42. The van der Waals surface area contributed by atoms with E-state index in [1.165, 1.54) is 11.8 Å². The molecule has 23 heavy (non-hydrogen) atoms. The first-order valence-corrected chi connectivity index (χ1v) is 9.31. The fraction of sp³-hybridized carbons (Fsp3) is 0.375. The van der Waals surface area contributed by atoms with Gasteiger partial charge in [0.15, 0.2) is 9.84 Å². The number of aryl methyl sites for hydroxylation is 1. The third-order valence-corrected chi connectivity index (χ3v) is 4.92. The molecule has 0 bridgehead atoms. The molecule has 1 aromatic carbocycles. The average molecular weight is 333 g/mol. The van der Waals surface area contributed by atoms with E-state index in [4.69, 9.17) is 4.74 Å². The molecule has 0 saturated heterocycles. The first kappa shape index (κ1) is 15.9. The Kier molecular flexibility index (Phi) is 4.32. The molecule has 7 heteroatoms. The van der Waals surface area contributed by atoms with Crippen LogP contribution in [0.25, 0.3) is 0 Å². The zero-order chi connectivity index (χ0) is 16.4. The van der Waals surface area contributed by atoms with Crippen LogP contribution in [-0.4, -0.2) is 37.8 Å². The summed E-state index contributed by atoms with van der Waals surface area (Å²) >= 11 is 0. The molecule has 2 heterocycles. The van der Waals surface area contributed by atoms with Crippen molar-refractivity contribution < 1.29 is 13.2 Å². The van der Waals surface area contributed by atoms with E-state index < -0.39 is 9.84 Å². The molecule has 0 saturated carbocycles. The van der Waals surface area contributed by atoms with Crippen molar-refractivity contribution in [3.63, 3.8) is 0 Å². The number of nitrogens with zero attached hydrogens (tertiary/aromatic N) is 2. The zero-order valence-corrected chi connectivity index (χ0v) is 13.9. The monoisotopic (exact) mass is 333 g/mol. The lowest BCUT2D eigenvalue weighted by atomic mass is 9.97. The van der Waals surface area contributed by atoms with Gasteiger partial charge in [0.1, 0.15) is 16.5 Å². The predicted octanol–water partition coefficient (Wildman–Crippen LogP) is 1.91. The molecule has 1 N–H and O–H groups in total. The fourth-order valence-corrected chi connectivity index (χ4v) is 3.41. The average Bonchev–Trinajstić information content (AvgIpc) is 2.51. The van der Waals surface area contributed by atoms with E-state index in [0.29, 0.717) is 24.8 Å². The number of rotatable bonds is 4. The summed E-state index contributed by atoms with van der Waals surface area (Å²) in [5.41, 5.74) is 2.41. The Morgan fingerprint density at radius 3 is 2.91 bits per heavy atom. The molecule has 0 fully saturated rings. The highest BCUT2D eigenvalue weighted by atomic mass is 32.2. The molecule has 0 aliphatic carbocycles. The van der Waals surface area contributed by atoms with Gasteiger partial charge in [-0.25, -0.2) is 18.4 Å². The Morgan fingerprint density at radius 2 is 2.13 bits per heavy atom. The van der Waals surface area contributed by atoms with E-state index in [0.717, 1.165) is 18.2 Å². The maximum atomic E-state index is 11.9. The number of benzene rings is 1. The van der Waals surface area contributed by atoms with Gasteiger partial charge in [0.2, 0.25) is 0 Å². The molecular formula is C16H19N3O3S.